The highest BCUT2D eigenvalue weighted by Gasteiger charge is 2.20. The zero-order chi connectivity index (χ0) is 20.8. The molecule has 0 saturated heterocycles. The fraction of sp³-hybridized carbons (Fsp3) is 0.364. The first-order valence-corrected chi connectivity index (χ1v) is 9.78. The van der Waals surface area contributed by atoms with Gasteiger partial charge in [0, 0.05) is 6.54 Å². The molecule has 0 bridgehead atoms. The number of aromatic nitrogens is 2. The molecule has 3 rings (SSSR count). The summed E-state index contributed by atoms with van der Waals surface area (Å²) in [6, 6.07) is 13.1. The maximum Gasteiger partial charge on any atom is 0.323 e. The van der Waals surface area contributed by atoms with Crippen molar-refractivity contribution in [3.63, 3.8) is 0 Å². The van der Waals surface area contributed by atoms with Crippen LogP contribution in [0.15, 0.2) is 42.5 Å². The third-order valence-corrected chi connectivity index (χ3v) is 4.94. The van der Waals surface area contributed by atoms with Gasteiger partial charge >= 0.3 is 5.97 Å². The summed E-state index contributed by atoms with van der Waals surface area (Å²) in [5.41, 5.74) is 2.21. The van der Waals surface area contributed by atoms with E-state index in [1.54, 1.807) is 11.7 Å². The summed E-state index contributed by atoms with van der Waals surface area (Å²) in [4.78, 5) is 18.5. The lowest BCUT2D eigenvalue weighted by Crippen LogP contribution is -2.28. The number of carboxylic acid groups (broad SMARTS) is 1. The quantitative estimate of drug-likeness (QED) is 0.564. The first-order valence-electron chi connectivity index (χ1n) is 9.78. The number of methoxy groups -OCH3 is 1. The molecule has 7 heteroatoms. The number of hydrogen-bond donors (Lipinski definition) is 1. The minimum absolute atomic E-state index is 0.189. The van der Waals surface area contributed by atoms with Gasteiger partial charge in [0.05, 0.1) is 23.7 Å². The molecule has 0 fully saturated rings. The summed E-state index contributed by atoms with van der Waals surface area (Å²) >= 11 is 0. The summed E-state index contributed by atoms with van der Waals surface area (Å²) in [6.45, 7) is 7.23. The number of imidazole rings is 1. The van der Waals surface area contributed by atoms with Gasteiger partial charge in [-0.1, -0.05) is 32.0 Å². The molecule has 1 heterocycles. The molecule has 0 saturated carbocycles. The van der Waals surface area contributed by atoms with Crippen molar-refractivity contribution in [2.24, 2.45) is 0 Å². The van der Waals surface area contributed by atoms with Crippen LogP contribution in [0.5, 0.6) is 11.5 Å². The predicted molar refractivity (Wildman–Crippen MR) is 113 cm³/mol. The molecule has 0 unspecified atom stereocenters. The second-order valence-corrected chi connectivity index (χ2v) is 6.62. The number of nitrogens with zero attached hydrogens (tertiary/aromatic N) is 3. The Labute approximate surface area is 170 Å². The van der Waals surface area contributed by atoms with E-state index < -0.39 is 5.97 Å². The maximum atomic E-state index is 11.5. The van der Waals surface area contributed by atoms with Crippen molar-refractivity contribution in [2.45, 2.75) is 20.4 Å². The van der Waals surface area contributed by atoms with Crippen LogP contribution in [0.25, 0.3) is 22.4 Å². The van der Waals surface area contributed by atoms with Gasteiger partial charge in [-0.05, 0) is 37.4 Å². The highest BCUT2D eigenvalue weighted by molar-refractivity contribution is 5.84. The van der Waals surface area contributed by atoms with Gasteiger partial charge in [0.15, 0.2) is 11.5 Å². The molecule has 1 N–H and O–H groups in total. The van der Waals surface area contributed by atoms with Crippen LogP contribution in [0, 0.1) is 0 Å². The van der Waals surface area contributed by atoms with Gasteiger partial charge < -0.3 is 24.0 Å². The second kappa shape index (κ2) is 9.43. The lowest BCUT2D eigenvalue weighted by atomic mass is 10.1. The number of rotatable bonds is 10. The monoisotopic (exact) mass is 397 g/mol. The van der Waals surface area contributed by atoms with Crippen LogP contribution in [-0.4, -0.2) is 58.9 Å². The summed E-state index contributed by atoms with van der Waals surface area (Å²) in [5.74, 6) is 0.784. The molecule has 3 aromatic rings. The minimum atomic E-state index is -0.929. The Bertz CT molecular complexity index is 979. The molecule has 0 spiro atoms. The summed E-state index contributed by atoms with van der Waals surface area (Å²) < 4.78 is 13.4. The molecular formula is C22H27N3O4. The standard InChI is InChI=1S/C22H27N3O4/c1-4-24(5-2)13-14-29-21-16(9-8-12-19(21)28-3)22-23-17-10-6-7-11-18(17)25(22)15-20(26)27/h6-12H,4-5,13-15H2,1-3H3,(H,26,27). The van der Waals surface area contributed by atoms with E-state index in [1.807, 2.05) is 42.5 Å². The van der Waals surface area contributed by atoms with Crippen LogP contribution >= 0.6 is 0 Å². The van der Waals surface area contributed by atoms with Crippen LogP contribution in [0.1, 0.15) is 13.8 Å². The van der Waals surface area contributed by atoms with Crippen molar-refractivity contribution in [3.8, 4) is 22.9 Å². The zero-order valence-corrected chi connectivity index (χ0v) is 17.1. The molecule has 0 aliphatic rings. The Kier molecular flexibility index (Phi) is 6.72. The van der Waals surface area contributed by atoms with E-state index in [9.17, 15) is 9.90 Å². The van der Waals surface area contributed by atoms with Crippen LogP contribution in [-0.2, 0) is 11.3 Å². The van der Waals surface area contributed by atoms with Gasteiger partial charge in [0.25, 0.3) is 0 Å². The largest absolute Gasteiger partial charge is 0.493 e. The van der Waals surface area contributed by atoms with Crippen molar-refractivity contribution in [1.29, 1.82) is 0 Å². The van der Waals surface area contributed by atoms with Crippen LogP contribution < -0.4 is 9.47 Å². The Morgan fingerprint density at radius 3 is 2.59 bits per heavy atom. The highest BCUT2D eigenvalue weighted by Crippen LogP contribution is 2.38. The lowest BCUT2D eigenvalue weighted by Gasteiger charge is -2.20. The van der Waals surface area contributed by atoms with E-state index in [1.165, 1.54) is 0 Å². The van der Waals surface area contributed by atoms with Crippen LogP contribution in [0.4, 0.5) is 0 Å². The molecule has 1 aromatic heterocycles. The van der Waals surface area contributed by atoms with E-state index in [-0.39, 0.29) is 6.54 Å². The van der Waals surface area contributed by atoms with E-state index in [0.29, 0.717) is 29.5 Å². The van der Waals surface area contributed by atoms with E-state index in [0.717, 1.165) is 30.7 Å². The zero-order valence-electron chi connectivity index (χ0n) is 17.1. The van der Waals surface area contributed by atoms with Crippen molar-refractivity contribution in [3.05, 3.63) is 42.5 Å². The molecule has 2 aromatic carbocycles. The molecule has 0 amide bonds. The SMILES string of the molecule is CCN(CC)CCOc1c(OC)cccc1-c1nc2ccccc2n1CC(=O)O. The van der Waals surface area contributed by atoms with E-state index >= 15 is 0 Å². The van der Waals surface area contributed by atoms with Crippen LogP contribution in [0.2, 0.25) is 0 Å². The fourth-order valence-corrected chi connectivity index (χ4v) is 3.39. The molecule has 29 heavy (non-hydrogen) atoms. The number of hydrogen-bond acceptors (Lipinski definition) is 5. The Morgan fingerprint density at radius 2 is 1.90 bits per heavy atom. The van der Waals surface area contributed by atoms with E-state index in [2.05, 4.69) is 18.7 Å². The lowest BCUT2D eigenvalue weighted by molar-refractivity contribution is -0.137. The van der Waals surface area contributed by atoms with Crippen molar-refractivity contribution in [2.75, 3.05) is 33.4 Å². The second-order valence-electron chi connectivity index (χ2n) is 6.62. The van der Waals surface area contributed by atoms with Gasteiger partial charge in [-0.25, -0.2) is 4.98 Å². The molecule has 0 aliphatic heterocycles. The number of carbonyl (C=O) groups is 1. The first-order chi connectivity index (χ1) is 14.1. The molecule has 154 valence electrons. The summed E-state index contributed by atoms with van der Waals surface area (Å²) in [5, 5.41) is 9.43. The number of para-hydroxylation sites is 3. The Balaban J connectivity index is 2.05. The van der Waals surface area contributed by atoms with Crippen molar-refractivity contribution < 1.29 is 19.4 Å². The number of carboxylic acids is 1. The van der Waals surface area contributed by atoms with Crippen LogP contribution in [0.3, 0.4) is 0 Å². The average molecular weight is 397 g/mol. The van der Waals surface area contributed by atoms with Crippen molar-refractivity contribution >= 4 is 17.0 Å². The van der Waals surface area contributed by atoms with Gasteiger partial charge in [0.2, 0.25) is 0 Å². The summed E-state index contributed by atoms with van der Waals surface area (Å²) in [7, 11) is 1.59. The topological polar surface area (TPSA) is 76.8 Å². The number of likely N-dealkylation sites (N-methyl/N-ethyl adjacent to an activating group) is 1. The minimum Gasteiger partial charge on any atom is -0.493 e. The van der Waals surface area contributed by atoms with Gasteiger partial charge in [-0.15, -0.1) is 0 Å². The molecular weight excluding hydrogens is 370 g/mol. The van der Waals surface area contributed by atoms with Crippen molar-refractivity contribution in [1.82, 2.24) is 14.5 Å². The Hall–Kier alpha value is -3.06. The number of aliphatic carboxylic acids is 1. The number of benzene rings is 2. The van der Waals surface area contributed by atoms with Gasteiger partial charge in [-0.3, -0.25) is 4.79 Å². The Morgan fingerprint density at radius 1 is 1.14 bits per heavy atom. The first kappa shape index (κ1) is 20.7. The molecule has 0 atom stereocenters. The maximum absolute atomic E-state index is 11.5. The van der Waals surface area contributed by atoms with E-state index in [4.69, 9.17) is 14.5 Å². The third-order valence-electron chi connectivity index (χ3n) is 4.94. The van der Waals surface area contributed by atoms with Gasteiger partial charge in [0.1, 0.15) is 19.0 Å². The smallest absolute Gasteiger partial charge is 0.323 e. The average Bonchev–Trinajstić information content (AvgIpc) is 3.09. The molecule has 0 aliphatic carbocycles. The normalized spacial score (nSPS) is 11.2. The summed E-state index contributed by atoms with van der Waals surface area (Å²) in [6.07, 6.45) is 0. The fourth-order valence-electron chi connectivity index (χ4n) is 3.39. The molecule has 0 radical (unpaired) electrons. The molecule has 7 nitrogen and oxygen atoms in total. The number of fused-ring (bicyclic) bond motifs is 1. The third kappa shape index (κ3) is 4.51. The van der Waals surface area contributed by atoms with Gasteiger partial charge in [-0.2, -0.15) is 0 Å². The predicted octanol–water partition coefficient (Wildman–Crippen LogP) is 3.52. The number of ether oxygens (including phenoxy) is 2. The highest BCUT2D eigenvalue weighted by atomic mass is 16.5.